The molecule has 0 aliphatic heterocycles. The van der Waals surface area contributed by atoms with Crippen molar-refractivity contribution in [1.82, 2.24) is 10.6 Å². The first-order valence-electron chi connectivity index (χ1n) is 8.72. The molecule has 2 amide bonds. The van der Waals surface area contributed by atoms with E-state index in [1.165, 1.54) is 6.92 Å². The molecular weight excluding hydrogens is 362 g/mol. The molecular formula is C20H23N3O5. The molecule has 28 heavy (non-hydrogen) atoms. The highest BCUT2D eigenvalue weighted by Crippen LogP contribution is 2.21. The molecule has 0 aliphatic carbocycles. The van der Waals surface area contributed by atoms with Crippen LogP contribution in [0.1, 0.15) is 18.9 Å². The van der Waals surface area contributed by atoms with Crippen LogP contribution in [0.4, 0.5) is 0 Å². The van der Waals surface area contributed by atoms with Crippen molar-refractivity contribution < 1.29 is 24.2 Å². The van der Waals surface area contributed by atoms with E-state index in [1.807, 2.05) is 42.5 Å². The monoisotopic (exact) mass is 385 g/mol. The van der Waals surface area contributed by atoms with E-state index in [2.05, 4.69) is 10.6 Å². The van der Waals surface area contributed by atoms with Gasteiger partial charge in [-0.05, 0) is 36.8 Å². The zero-order valence-electron chi connectivity index (χ0n) is 15.4. The van der Waals surface area contributed by atoms with Gasteiger partial charge in [0.1, 0.15) is 17.5 Å². The van der Waals surface area contributed by atoms with Gasteiger partial charge in [0.05, 0.1) is 12.5 Å². The summed E-state index contributed by atoms with van der Waals surface area (Å²) >= 11 is 0. The van der Waals surface area contributed by atoms with Crippen molar-refractivity contribution in [1.29, 1.82) is 0 Å². The number of para-hydroxylation sites is 1. The fourth-order valence-electron chi connectivity index (χ4n) is 2.27. The molecule has 0 spiro atoms. The van der Waals surface area contributed by atoms with Crippen molar-refractivity contribution in [3.8, 4) is 11.5 Å². The summed E-state index contributed by atoms with van der Waals surface area (Å²) in [5, 5.41) is 13.7. The lowest BCUT2D eigenvalue weighted by Crippen LogP contribution is -2.46. The number of carboxylic acids is 1. The molecule has 0 bridgehead atoms. The Labute approximate surface area is 162 Å². The average Bonchev–Trinajstić information content (AvgIpc) is 2.67. The number of nitrogens with one attached hydrogen (secondary N) is 2. The van der Waals surface area contributed by atoms with Crippen molar-refractivity contribution >= 4 is 17.8 Å². The number of carbonyl (C=O) groups is 3. The number of benzene rings is 2. The van der Waals surface area contributed by atoms with E-state index in [0.717, 1.165) is 11.3 Å². The van der Waals surface area contributed by atoms with Crippen LogP contribution in [-0.4, -0.2) is 35.0 Å². The van der Waals surface area contributed by atoms with Crippen LogP contribution in [0.15, 0.2) is 54.6 Å². The number of amides is 2. The van der Waals surface area contributed by atoms with Crippen molar-refractivity contribution in [2.75, 3.05) is 0 Å². The molecule has 8 nitrogen and oxygen atoms in total. The van der Waals surface area contributed by atoms with Crippen LogP contribution in [0.3, 0.4) is 0 Å². The lowest BCUT2D eigenvalue weighted by Gasteiger charge is -2.14. The highest BCUT2D eigenvalue weighted by atomic mass is 16.5. The van der Waals surface area contributed by atoms with E-state index < -0.39 is 29.9 Å². The number of carbonyl (C=O) groups excluding carboxylic acids is 2. The zero-order valence-corrected chi connectivity index (χ0v) is 15.4. The Morgan fingerprint density at radius 1 is 1.04 bits per heavy atom. The SMILES string of the molecule is C[C@@H](NC(=O)C[C@H](N)C(=O)NCc1ccc(Oc2ccccc2)cc1)C(=O)O. The molecule has 0 aromatic heterocycles. The number of carboxylic acid groups (broad SMARTS) is 1. The second kappa shape index (κ2) is 10.1. The molecule has 148 valence electrons. The smallest absolute Gasteiger partial charge is 0.325 e. The molecule has 0 radical (unpaired) electrons. The fourth-order valence-corrected chi connectivity index (χ4v) is 2.27. The van der Waals surface area contributed by atoms with Gasteiger partial charge in [0, 0.05) is 6.54 Å². The predicted molar refractivity (Wildman–Crippen MR) is 103 cm³/mol. The topological polar surface area (TPSA) is 131 Å². The quantitative estimate of drug-likeness (QED) is 0.516. The molecule has 2 aromatic rings. The molecule has 0 heterocycles. The first kappa shape index (κ1) is 20.9. The van der Waals surface area contributed by atoms with Crippen LogP contribution >= 0.6 is 0 Å². The third-order valence-electron chi connectivity index (χ3n) is 3.86. The van der Waals surface area contributed by atoms with Gasteiger partial charge in [0.25, 0.3) is 0 Å². The first-order valence-corrected chi connectivity index (χ1v) is 8.72. The van der Waals surface area contributed by atoms with E-state index in [9.17, 15) is 14.4 Å². The molecule has 0 fully saturated rings. The molecule has 0 unspecified atom stereocenters. The molecule has 2 atom stereocenters. The summed E-state index contributed by atoms with van der Waals surface area (Å²) in [7, 11) is 0. The summed E-state index contributed by atoms with van der Waals surface area (Å²) in [5.41, 5.74) is 6.54. The van der Waals surface area contributed by atoms with Crippen molar-refractivity contribution in [2.45, 2.75) is 32.0 Å². The van der Waals surface area contributed by atoms with Crippen molar-refractivity contribution in [3.63, 3.8) is 0 Å². The van der Waals surface area contributed by atoms with Gasteiger partial charge >= 0.3 is 5.97 Å². The van der Waals surface area contributed by atoms with Crippen LogP contribution in [-0.2, 0) is 20.9 Å². The predicted octanol–water partition coefficient (Wildman–Crippen LogP) is 1.40. The second-order valence-electron chi connectivity index (χ2n) is 6.21. The van der Waals surface area contributed by atoms with Gasteiger partial charge in [-0.3, -0.25) is 14.4 Å². The normalized spacial score (nSPS) is 12.5. The van der Waals surface area contributed by atoms with Gasteiger partial charge in [-0.2, -0.15) is 0 Å². The average molecular weight is 385 g/mol. The lowest BCUT2D eigenvalue weighted by atomic mass is 10.1. The van der Waals surface area contributed by atoms with Crippen LogP contribution in [0.25, 0.3) is 0 Å². The standard InChI is InChI=1S/C20H23N3O5/c1-13(20(26)27)23-18(24)11-17(21)19(25)22-12-14-7-9-16(10-8-14)28-15-5-3-2-4-6-15/h2-10,13,17H,11-12,21H2,1H3,(H,22,25)(H,23,24)(H,26,27)/t13-,17+/m1/s1. The highest BCUT2D eigenvalue weighted by Gasteiger charge is 2.20. The molecule has 8 heteroatoms. The van der Waals surface area contributed by atoms with Crippen molar-refractivity contribution in [3.05, 3.63) is 60.2 Å². The van der Waals surface area contributed by atoms with E-state index in [4.69, 9.17) is 15.6 Å². The third-order valence-corrected chi connectivity index (χ3v) is 3.86. The van der Waals surface area contributed by atoms with Crippen LogP contribution in [0.2, 0.25) is 0 Å². The number of aliphatic carboxylic acids is 1. The summed E-state index contributed by atoms with van der Waals surface area (Å²) in [5.74, 6) is -0.860. The maximum atomic E-state index is 12.0. The Balaban J connectivity index is 1.78. The highest BCUT2D eigenvalue weighted by molar-refractivity contribution is 5.89. The van der Waals surface area contributed by atoms with Crippen LogP contribution < -0.4 is 21.1 Å². The van der Waals surface area contributed by atoms with Gasteiger partial charge in [0.2, 0.25) is 11.8 Å². The fraction of sp³-hybridized carbons (Fsp3) is 0.250. The van der Waals surface area contributed by atoms with E-state index >= 15 is 0 Å². The van der Waals surface area contributed by atoms with Gasteiger partial charge in [-0.15, -0.1) is 0 Å². The minimum atomic E-state index is -1.16. The van der Waals surface area contributed by atoms with Crippen molar-refractivity contribution in [2.24, 2.45) is 5.73 Å². The molecule has 0 aliphatic rings. The van der Waals surface area contributed by atoms with Gasteiger partial charge in [0.15, 0.2) is 0 Å². The number of ether oxygens (including phenoxy) is 1. The van der Waals surface area contributed by atoms with E-state index in [1.54, 1.807) is 12.1 Å². The lowest BCUT2D eigenvalue weighted by molar-refractivity contribution is -0.141. The van der Waals surface area contributed by atoms with E-state index in [-0.39, 0.29) is 13.0 Å². The Hall–Kier alpha value is -3.39. The third kappa shape index (κ3) is 6.73. The molecule has 0 saturated heterocycles. The second-order valence-corrected chi connectivity index (χ2v) is 6.21. The molecule has 5 N–H and O–H groups in total. The molecule has 2 rings (SSSR count). The Morgan fingerprint density at radius 2 is 1.64 bits per heavy atom. The molecule has 0 saturated carbocycles. The Bertz CT molecular complexity index is 808. The number of rotatable bonds is 9. The van der Waals surface area contributed by atoms with Gasteiger partial charge < -0.3 is 26.2 Å². The maximum absolute atomic E-state index is 12.0. The summed E-state index contributed by atoms with van der Waals surface area (Å²) in [6, 6.07) is 14.4. The number of nitrogens with two attached hydrogens (primary N) is 1. The first-order chi connectivity index (χ1) is 13.3. The maximum Gasteiger partial charge on any atom is 0.325 e. The Morgan fingerprint density at radius 3 is 2.25 bits per heavy atom. The largest absolute Gasteiger partial charge is 0.480 e. The Kier molecular flexibility index (Phi) is 7.53. The minimum Gasteiger partial charge on any atom is -0.480 e. The van der Waals surface area contributed by atoms with Crippen LogP contribution in [0, 0.1) is 0 Å². The summed E-state index contributed by atoms with van der Waals surface area (Å²) in [4.78, 5) is 34.4. The number of hydrogen-bond donors (Lipinski definition) is 4. The number of hydrogen-bond acceptors (Lipinski definition) is 5. The zero-order chi connectivity index (χ0) is 20.5. The van der Waals surface area contributed by atoms with Crippen LogP contribution in [0.5, 0.6) is 11.5 Å². The summed E-state index contributed by atoms with van der Waals surface area (Å²) in [6.45, 7) is 1.57. The van der Waals surface area contributed by atoms with E-state index in [0.29, 0.717) is 5.75 Å². The summed E-state index contributed by atoms with van der Waals surface area (Å²) in [6.07, 6.45) is -0.298. The molecule has 2 aromatic carbocycles. The minimum absolute atomic E-state index is 0.241. The van der Waals surface area contributed by atoms with Gasteiger partial charge in [-0.1, -0.05) is 30.3 Å². The van der Waals surface area contributed by atoms with Gasteiger partial charge in [-0.25, -0.2) is 0 Å². The summed E-state index contributed by atoms with van der Waals surface area (Å²) < 4.78 is 5.70.